The lowest BCUT2D eigenvalue weighted by Gasteiger charge is -2.32. The van der Waals surface area contributed by atoms with Crippen LogP contribution in [0.4, 0.5) is 0 Å². The summed E-state index contributed by atoms with van der Waals surface area (Å²) in [5, 5.41) is 9.13. The standard InChI is InChI=1S/C13H14INO4/c1-8-2-3-9(6-10(8)14)12(16)15-4-5-19-7-11(15)13(17)18/h2-3,6,11H,4-5,7H2,1H3,(H,17,18). The van der Waals surface area contributed by atoms with Crippen molar-refractivity contribution in [3.05, 3.63) is 32.9 Å². The Morgan fingerprint density at radius 3 is 2.84 bits per heavy atom. The monoisotopic (exact) mass is 375 g/mol. The average molecular weight is 375 g/mol. The summed E-state index contributed by atoms with van der Waals surface area (Å²) in [6.07, 6.45) is 0. The van der Waals surface area contributed by atoms with Gasteiger partial charge in [-0.1, -0.05) is 6.07 Å². The van der Waals surface area contributed by atoms with Gasteiger partial charge in [0.05, 0.1) is 13.2 Å². The molecule has 1 saturated heterocycles. The first kappa shape index (κ1) is 14.3. The lowest BCUT2D eigenvalue weighted by molar-refractivity contribution is -0.147. The Morgan fingerprint density at radius 2 is 2.21 bits per heavy atom. The molecule has 1 unspecified atom stereocenters. The second-order valence-corrected chi connectivity index (χ2v) is 5.55. The van der Waals surface area contributed by atoms with Crippen molar-refractivity contribution >= 4 is 34.5 Å². The summed E-state index contributed by atoms with van der Waals surface area (Å²) in [7, 11) is 0. The number of nitrogens with zero attached hydrogens (tertiary/aromatic N) is 1. The predicted molar refractivity (Wildman–Crippen MR) is 77.2 cm³/mol. The molecule has 1 aliphatic heterocycles. The lowest BCUT2D eigenvalue weighted by atomic mass is 10.1. The Balaban J connectivity index is 2.26. The van der Waals surface area contributed by atoms with Crippen molar-refractivity contribution in [2.45, 2.75) is 13.0 Å². The van der Waals surface area contributed by atoms with Gasteiger partial charge in [-0.05, 0) is 47.2 Å². The van der Waals surface area contributed by atoms with Crippen LogP contribution in [-0.4, -0.2) is 47.7 Å². The Bertz CT molecular complexity index is 517. The topological polar surface area (TPSA) is 66.8 Å². The Labute approximate surface area is 124 Å². The number of rotatable bonds is 2. The molecule has 1 amide bonds. The van der Waals surface area contributed by atoms with Crippen molar-refractivity contribution < 1.29 is 19.4 Å². The summed E-state index contributed by atoms with van der Waals surface area (Å²) in [6.45, 7) is 2.69. The van der Waals surface area contributed by atoms with E-state index in [1.807, 2.05) is 13.0 Å². The smallest absolute Gasteiger partial charge is 0.328 e. The molecule has 1 N–H and O–H groups in total. The second-order valence-electron chi connectivity index (χ2n) is 4.39. The number of aliphatic carboxylic acids is 1. The van der Waals surface area contributed by atoms with E-state index in [0.29, 0.717) is 18.7 Å². The first-order valence-electron chi connectivity index (χ1n) is 5.88. The second kappa shape index (κ2) is 5.87. The number of morpholine rings is 1. The fourth-order valence-corrected chi connectivity index (χ4v) is 2.46. The van der Waals surface area contributed by atoms with Gasteiger partial charge in [0.2, 0.25) is 0 Å². The molecule has 1 atom stereocenters. The molecule has 1 heterocycles. The normalized spacial score (nSPS) is 19.3. The van der Waals surface area contributed by atoms with Gasteiger partial charge in [0.1, 0.15) is 0 Å². The van der Waals surface area contributed by atoms with Gasteiger partial charge in [0.15, 0.2) is 6.04 Å². The largest absolute Gasteiger partial charge is 0.480 e. The van der Waals surface area contributed by atoms with Crippen molar-refractivity contribution in [2.75, 3.05) is 19.8 Å². The van der Waals surface area contributed by atoms with Crippen molar-refractivity contribution in [3.63, 3.8) is 0 Å². The summed E-state index contributed by atoms with van der Waals surface area (Å²) < 4.78 is 6.12. The number of hydrogen-bond donors (Lipinski definition) is 1. The summed E-state index contributed by atoms with van der Waals surface area (Å²) in [5.41, 5.74) is 1.61. The van der Waals surface area contributed by atoms with Crippen molar-refractivity contribution in [1.82, 2.24) is 4.90 Å². The molecule has 1 aromatic rings. The molecule has 1 fully saturated rings. The Hall–Kier alpha value is -1.15. The highest BCUT2D eigenvalue weighted by Crippen LogP contribution is 2.17. The zero-order valence-electron chi connectivity index (χ0n) is 10.4. The van der Waals surface area contributed by atoms with Gasteiger partial charge < -0.3 is 14.7 Å². The number of carboxylic acid groups (broad SMARTS) is 1. The molecule has 0 bridgehead atoms. The minimum atomic E-state index is -1.03. The summed E-state index contributed by atoms with van der Waals surface area (Å²) >= 11 is 2.16. The van der Waals surface area contributed by atoms with E-state index in [9.17, 15) is 9.59 Å². The molecule has 2 rings (SSSR count). The predicted octanol–water partition coefficient (Wildman–Crippen LogP) is 1.53. The molecule has 0 saturated carbocycles. The highest BCUT2D eigenvalue weighted by Gasteiger charge is 2.33. The molecule has 1 aliphatic rings. The van der Waals surface area contributed by atoms with Crippen LogP contribution in [0, 0.1) is 10.5 Å². The number of carbonyl (C=O) groups is 2. The van der Waals surface area contributed by atoms with E-state index in [1.165, 1.54) is 4.90 Å². The summed E-state index contributed by atoms with van der Waals surface area (Å²) in [6, 6.07) is 4.48. The van der Waals surface area contributed by atoms with Crippen LogP contribution in [-0.2, 0) is 9.53 Å². The summed E-state index contributed by atoms with van der Waals surface area (Å²) in [5.74, 6) is -1.29. The number of ether oxygens (including phenoxy) is 1. The third kappa shape index (κ3) is 3.06. The average Bonchev–Trinajstić information content (AvgIpc) is 2.41. The fraction of sp³-hybridized carbons (Fsp3) is 0.385. The molecule has 0 aromatic heterocycles. The van der Waals surface area contributed by atoms with Crippen LogP contribution in [0.1, 0.15) is 15.9 Å². The molecule has 19 heavy (non-hydrogen) atoms. The van der Waals surface area contributed by atoms with Gasteiger partial charge in [-0.15, -0.1) is 0 Å². The van der Waals surface area contributed by atoms with Gasteiger partial charge in [-0.25, -0.2) is 4.79 Å². The number of amides is 1. The SMILES string of the molecule is Cc1ccc(C(=O)N2CCOCC2C(=O)O)cc1I. The number of halogens is 1. The molecular formula is C13H14INO4. The molecule has 0 spiro atoms. The van der Waals surface area contributed by atoms with Gasteiger partial charge in [0, 0.05) is 15.7 Å². The number of benzene rings is 1. The van der Waals surface area contributed by atoms with Gasteiger partial charge in [-0.3, -0.25) is 4.79 Å². The van der Waals surface area contributed by atoms with Crippen LogP contribution >= 0.6 is 22.6 Å². The molecule has 5 nitrogen and oxygen atoms in total. The quantitative estimate of drug-likeness (QED) is 0.797. The number of carbonyl (C=O) groups excluding carboxylic acids is 1. The summed E-state index contributed by atoms with van der Waals surface area (Å²) in [4.78, 5) is 24.9. The van der Waals surface area contributed by atoms with Crippen LogP contribution in [0.2, 0.25) is 0 Å². The lowest BCUT2D eigenvalue weighted by Crippen LogP contribution is -2.52. The fourth-order valence-electron chi connectivity index (χ4n) is 1.94. The first-order chi connectivity index (χ1) is 9.00. The van der Waals surface area contributed by atoms with E-state index < -0.39 is 12.0 Å². The number of hydrogen-bond acceptors (Lipinski definition) is 3. The number of carboxylic acids is 1. The zero-order valence-corrected chi connectivity index (χ0v) is 12.6. The Kier molecular flexibility index (Phi) is 4.41. The van der Waals surface area contributed by atoms with E-state index in [-0.39, 0.29) is 12.5 Å². The van der Waals surface area contributed by atoms with Crippen molar-refractivity contribution in [3.8, 4) is 0 Å². The van der Waals surface area contributed by atoms with Gasteiger partial charge in [-0.2, -0.15) is 0 Å². The van der Waals surface area contributed by atoms with Crippen LogP contribution < -0.4 is 0 Å². The molecule has 6 heteroatoms. The first-order valence-corrected chi connectivity index (χ1v) is 6.96. The minimum Gasteiger partial charge on any atom is -0.480 e. The van der Waals surface area contributed by atoms with Crippen LogP contribution in [0.5, 0.6) is 0 Å². The van der Waals surface area contributed by atoms with E-state index in [2.05, 4.69) is 22.6 Å². The van der Waals surface area contributed by atoms with Crippen molar-refractivity contribution in [1.29, 1.82) is 0 Å². The number of aryl methyl sites for hydroxylation is 1. The van der Waals surface area contributed by atoms with Crippen LogP contribution in [0.3, 0.4) is 0 Å². The third-order valence-electron chi connectivity index (χ3n) is 3.09. The molecule has 102 valence electrons. The van der Waals surface area contributed by atoms with E-state index in [0.717, 1.165) is 9.13 Å². The van der Waals surface area contributed by atoms with E-state index >= 15 is 0 Å². The van der Waals surface area contributed by atoms with E-state index in [4.69, 9.17) is 9.84 Å². The van der Waals surface area contributed by atoms with Crippen LogP contribution in [0.25, 0.3) is 0 Å². The maximum absolute atomic E-state index is 12.4. The highest BCUT2D eigenvalue weighted by atomic mass is 127. The van der Waals surface area contributed by atoms with Gasteiger partial charge in [0.25, 0.3) is 5.91 Å². The molecule has 0 radical (unpaired) electrons. The minimum absolute atomic E-state index is 0.0457. The van der Waals surface area contributed by atoms with Crippen molar-refractivity contribution in [2.24, 2.45) is 0 Å². The maximum Gasteiger partial charge on any atom is 0.328 e. The van der Waals surface area contributed by atoms with Gasteiger partial charge >= 0.3 is 5.97 Å². The zero-order chi connectivity index (χ0) is 14.0. The van der Waals surface area contributed by atoms with Crippen LogP contribution in [0.15, 0.2) is 18.2 Å². The third-order valence-corrected chi connectivity index (χ3v) is 4.26. The molecular weight excluding hydrogens is 361 g/mol. The maximum atomic E-state index is 12.4. The Morgan fingerprint density at radius 1 is 1.47 bits per heavy atom. The highest BCUT2D eigenvalue weighted by molar-refractivity contribution is 14.1. The molecule has 1 aromatic carbocycles. The molecule has 0 aliphatic carbocycles. The van der Waals surface area contributed by atoms with E-state index in [1.54, 1.807) is 12.1 Å².